The van der Waals surface area contributed by atoms with Gasteiger partial charge in [0.25, 0.3) is 10.0 Å². The topological polar surface area (TPSA) is 64.0 Å². The Morgan fingerprint density at radius 3 is 2.13 bits per heavy atom. The molecule has 0 radical (unpaired) electrons. The number of nitrogens with zero attached hydrogens (tertiary/aromatic N) is 2. The van der Waals surface area contributed by atoms with Gasteiger partial charge in [0.05, 0.1) is 16.2 Å². The highest BCUT2D eigenvalue weighted by Gasteiger charge is 2.21. The van der Waals surface area contributed by atoms with Gasteiger partial charge in [-0.15, -0.1) is 0 Å². The molecular weight excluding hydrogens is 432 g/mol. The number of hydrogen-bond acceptors (Lipinski definition) is 3. The summed E-state index contributed by atoms with van der Waals surface area (Å²) in [6.45, 7) is 0. The summed E-state index contributed by atoms with van der Waals surface area (Å²) in [7, 11) is -4.00. The number of halogens is 3. The Kier molecular flexibility index (Phi) is 5.27. The Balaban J connectivity index is 1.86. The van der Waals surface area contributed by atoms with Crippen LogP contribution in [-0.4, -0.2) is 18.3 Å². The Morgan fingerprint density at radius 2 is 1.50 bits per heavy atom. The molecule has 0 aliphatic carbocycles. The molecule has 0 saturated carbocycles. The highest BCUT2D eigenvalue weighted by molar-refractivity contribution is 7.92. The standard InChI is InChI=1S/C21H14ClF2N3O2S/c22-15-11-9-14(10-12-15)20-13-19(21-17(23)7-4-8-18(21)24)25-27(20)26-30(28,29)16-5-2-1-3-6-16/h1-13,26H. The second-order valence-corrected chi connectivity index (χ2v) is 8.44. The molecule has 5 nitrogen and oxygen atoms in total. The molecule has 0 spiro atoms. The zero-order valence-electron chi connectivity index (χ0n) is 15.3. The van der Waals surface area contributed by atoms with Gasteiger partial charge in [-0.05, 0) is 42.5 Å². The smallest absolute Gasteiger partial charge is 0.206 e. The number of nitrogens with one attached hydrogen (secondary N) is 1. The molecule has 0 atom stereocenters. The predicted octanol–water partition coefficient (Wildman–Crippen LogP) is 5.08. The van der Waals surface area contributed by atoms with E-state index in [4.69, 9.17) is 11.6 Å². The highest BCUT2D eigenvalue weighted by Crippen LogP contribution is 2.30. The molecule has 0 amide bonds. The predicted molar refractivity (Wildman–Crippen MR) is 111 cm³/mol. The largest absolute Gasteiger partial charge is 0.276 e. The van der Waals surface area contributed by atoms with E-state index in [1.54, 1.807) is 42.5 Å². The van der Waals surface area contributed by atoms with Crippen LogP contribution < -0.4 is 4.83 Å². The van der Waals surface area contributed by atoms with Crippen LogP contribution in [0.15, 0.2) is 83.8 Å². The fourth-order valence-electron chi connectivity index (χ4n) is 2.91. The lowest BCUT2D eigenvalue weighted by Crippen LogP contribution is -2.25. The molecule has 1 N–H and O–H groups in total. The summed E-state index contributed by atoms with van der Waals surface area (Å²) < 4.78 is 54.1. The van der Waals surface area contributed by atoms with E-state index < -0.39 is 21.7 Å². The first-order valence-corrected chi connectivity index (χ1v) is 10.6. The first-order valence-electron chi connectivity index (χ1n) is 8.73. The third kappa shape index (κ3) is 3.92. The molecule has 4 aromatic rings. The van der Waals surface area contributed by atoms with Crippen LogP contribution in [0.2, 0.25) is 5.02 Å². The number of rotatable bonds is 5. The van der Waals surface area contributed by atoms with E-state index in [-0.39, 0.29) is 21.8 Å². The minimum absolute atomic E-state index is 0.0150. The van der Waals surface area contributed by atoms with Crippen LogP contribution in [0, 0.1) is 11.6 Å². The first kappa shape index (κ1) is 20.1. The molecule has 1 heterocycles. The van der Waals surface area contributed by atoms with E-state index >= 15 is 0 Å². The van der Waals surface area contributed by atoms with Crippen molar-refractivity contribution in [2.75, 3.05) is 4.83 Å². The summed E-state index contributed by atoms with van der Waals surface area (Å²) >= 11 is 5.93. The molecule has 3 aromatic carbocycles. The van der Waals surface area contributed by atoms with Crippen molar-refractivity contribution >= 4 is 21.6 Å². The van der Waals surface area contributed by atoms with Crippen molar-refractivity contribution in [2.45, 2.75) is 4.90 Å². The molecule has 30 heavy (non-hydrogen) atoms. The van der Waals surface area contributed by atoms with Crippen LogP contribution >= 0.6 is 11.6 Å². The van der Waals surface area contributed by atoms with Crippen LogP contribution in [0.1, 0.15) is 0 Å². The highest BCUT2D eigenvalue weighted by atomic mass is 35.5. The summed E-state index contributed by atoms with van der Waals surface area (Å²) in [4.78, 5) is 3.34. The number of sulfonamides is 1. The van der Waals surface area contributed by atoms with Gasteiger partial charge in [0.15, 0.2) is 0 Å². The second kappa shape index (κ2) is 7.89. The van der Waals surface area contributed by atoms with E-state index in [1.165, 1.54) is 24.3 Å². The third-order valence-electron chi connectivity index (χ3n) is 4.33. The number of benzene rings is 3. The summed E-state index contributed by atoms with van der Waals surface area (Å²) in [6.07, 6.45) is 0. The third-order valence-corrected chi connectivity index (χ3v) is 5.89. The van der Waals surface area contributed by atoms with Crippen LogP contribution in [-0.2, 0) is 10.0 Å². The minimum atomic E-state index is -4.00. The van der Waals surface area contributed by atoms with Gasteiger partial charge in [-0.1, -0.05) is 48.0 Å². The molecule has 152 valence electrons. The van der Waals surface area contributed by atoms with Crippen LogP contribution in [0.3, 0.4) is 0 Å². The molecule has 0 fully saturated rings. The number of aromatic nitrogens is 2. The van der Waals surface area contributed by atoms with Gasteiger partial charge < -0.3 is 0 Å². The lowest BCUT2D eigenvalue weighted by atomic mass is 10.1. The van der Waals surface area contributed by atoms with Crippen molar-refractivity contribution in [1.82, 2.24) is 9.89 Å². The second-order valence-electron chi connectivity index (χ2n) is 6.34. The zero-order chi connectivity index (χ0) is 21.3. The van der Waals surface area contributed by atoms with Gasteiger partial charge in [0.1, 0.15) is 17.3 Å². The molecular formula is C21H14ClF2N3O2S. The fourth-order valence-corrected chi connectivity index (χ4v) is 4.02. The average Bonchev–Trinajstić information content (AvgIpc) is 3.11. The number of hydrogen-bond donors (Lipinski definition) is 1. The zero-order valence-corrected chi connectivity index (χ0v) is 16.8. The van der Waals surface area contributed by atoms with E-state index in [0.717, 1.165) is 16.9 Å². The SMILES string of the molecule is O=S(=O)(Nn1nc(-c2c(F)cccc2F)cc1-c1ccc(Cl)cc1)c1ccccc1. The van der Waals surface area contributed by atoms with Crippen molar-refractivity contribution in [3.05, 3.63) is 95.5 Å². The lowest BCUT2D eigenvalue weighted by Gasteiger charge is -2.11. The van der Waals surface area contributed by atoms with Gasteiger partial charge in [-0.25, -0.2) is 8.78 Å². The molecule has 0 unspecified atom stereocenters. The van der Waals surface area contributed by atoms with Crippen molar-refractivity contribution in [2.24, 2.45) is 0 Å². The van der Waals surface area contributed by atoms with Gasteiger partial charge in [-0.3, -0.25) is 0 Å². The summed E-state index contributed by atoms with van der Waals surface area (Å²) in [6, 6.07) is 19.1. The normalized spacial score (nSPS) is 11.4. The summed E-state index contributed by atoms with van der Waals surface area (Å²) in [5, 5.41) is 4.61. The maximum Gasteiger partial charge on any atom is 0.276 e. The average molecular weight is 446 g/mol. The van der Waals surface area contributed by atoms with Crippen molar-refractivity contribution in [3.63, 3.8) is 0 Å². The Bertz CT molecular complexity index is 1290. The van der Waals surface area contributed by atoms with Crippen LogP contribution in [0.5, 0.6) is 0 Å². The maximum absolute atomic E-state index is 14.3. The molecule has 0 saturated heterocycles. The van der Waals surface area contributed by atoms with Crippen LogP contribution in [0.4, 0.5) is 8.78 Å². The molecule has 0 bridgehead atoms. The van der Waals surface area contributed by atoms with Crippen molar-refractivity contribution in [3.8, 4) is 22.5 Å². The fraction of sp³-hybridized carbons (Fsp3) is 0. The van der Waals surface area contributed by atoms with E-state index in [2.05, 4.69) is 9.93 Å². The van der Waals surface area contributed by atoms with Crippen molar-refractivity contribution in [1.29, 1.82) is 0 Å². The van der Waals surface area contributed by atoms with E-state index in [9.17, 15) is 17.2 Å². The monoisotopic (exact) mass is 445 g/mol. The molecule has 1 aromatic heterocycles. The molecule has 4 rings (SSSR count). The first-order chi connectivity index (χ1) is 14.3. The lowest BCUT2D eigenvalue weighted by molar-refractivity contribution is 0.587. The molecule has 0 aliphatic heterocycles. The minimum Gasteiger partial charge on any atom is -0.206 e. The van der Waals surface area contributed by atoms with Gasteiger partial charge in [0.2, 0.25) is 0 Å². The van der Waals surface area contributed by atoms with Gasteiger partial charge >= 0.3 is 0 Å². The molecule has 0 aliphatic rings. The van der Waals surface area contributed by atoms with Crippen LogP contribution in [0.25, 0.3) is 22.5 Å². The Hall–Kier alpha value is -3.23. The van der Waals surface area contributed by atoms with Gasteiger partial charge in [0, 0.05) is 10.6 Å². The van der Waals surface area contributed by atoms with E-state index in [1.807, 2.05) is 0 Å². The quantitative estimate of drug-likeness (QED) is 0.466. The van der Waals surface area contributed by atoms with Crippen molar-refractivity contribution < 1.29 is 17.2 Å². The van der Waals surface area contributed by atoms with E-state index in [0.29, 0.717) is 10.6 Å². The Labute approximate surface area is 176 Å². The Morgan fingerprint density at radius 1 is 0.867 bits per heavy atom. The summed E-state index contributed by atoms with van der Waals surface area (Å²) in [5.41, 5.74) is 0.408. The van der Waals surface area contributed by atoms with Gasteiger partial charge in [-0.2, -0.15) is 23.1 Å². The maximum atomic E-state index is 14.3. The summed E-state index contributed by atoms with van der Waals surface area (Å²) in [5.74, 6) is -1.62. The molecule has 9 heteroatoms.